The normalized spacial score (nSPS) is 8.00. The highest BCUT2D eigenvalue weighted by Gasteiger charge is 1.59. The minimum atomic E-state index is 1.58. The summed E-state index contributed by atoms with van der Waals surface area (Å²) in [5.41, 5.74) is 0. The molecule has 0 aromatic carbocycles. The van der Waals surface area contributed by atoms with Gasteiger partial charge < -0.3 is 0 Å². The molecule has 3 aromatic rings. The highest BCUT2D eigenvalue weighted by Crippen LogP contribution is 1.91. The molecular formula is C11H12N4S. The molecule has 0 saturated carbocycles. The van der Waals surface area contributed by atoms with Crippen LogP contribution in [0.25, 0.3) is 0 Å². The molecule has 3 rings (SSSR count). The van der Waals surface area contributed by atoms with E-state index in [-0.39, 0.29) is 0 Å². The van der Waals surface area contributed by atoms with Gasteiger partial charge in [-0.1, -0.05) is 18.2 Å². The van der Waals surface area contributed by atoms with Crippen molar-refractivity contribution in [2.45, 2.75) is 0 Å². The number of thiophene rings is 1. The van der Waals surface area contributed by atoms with E-state index in [2.05, 4.69) is 20.4 Å². The predicted molar refractivity (Wildman–Crippen MR) is 64.9 cm³/mol. The van der Waals surface area contributed by atoms with Crippen LogP contribution >= 0.6 is 11.3 Å². The molecule has 4 nitrogen and oxygen atoms in total. The van der Waals surface area contributed by atoms with Gasteiger partial charge in [-0.2, -0.15) is 26.7 Å². The van der Waals surface area contributed by atoms with E-state index in [0.29, 0.717) is 0 Å². The maximum atomic E-state index is 3.78. The summed E-state index contributed by atoms with van der Waals surface area (Å²) in [7, 11) is 0. The third kappa shape index (κ3) is 7.40. The van der Waals surface area contributed by atoms with Gasteiger partial charge in [0, 0.05) is 12.4 Å². The Hall–Kier alpha value is -2.01. The molecule has 0 aliphatic heterocycles. The highest BCUT2D eigenvalue weighted by molar-refractivity contribution is 7.07. The first-order chi connectivity index (χ1) is 8.00. The summed E-state index contributed by atoms with van der Waals surface area (Å²) in [6.07, 6.45) is 6.67. The predicted octanol–water partition coefficient (Wildman–Crippen LogP) is 2.63. The average molecular weight is 232 g/mol. The molecule has 0 fully saturated rings. The number of hydrogen-bond donors (Lipinski definition) is 1. The molecule has 0 bridgehead atoms. The van der Waals surface area contributed by atoms with E-state index in [1.165, 1.54) is 0 Å². The lowest BCUT2D eigenvalue weighted by molar-refractivity contribution is 0.940. The summed E-state index contributed by atoms with van der Waals surface area (Å²) in [6.45, 7) is 0. The second-order valence-corrected chi connectivity index (χ2v) is 3.29. The number of aromatic nitrogens is 4. The zero-order chi connectivity index (χ0) is 11.3. The Morgan fingerprint density at radius 3 is 1.50 bits per heavy atom. The molecule has 1 N–H and O–H groups in total. The number of nitrogens with zero attached hydrogens (tertiary/aromatic N) is 3. The van der Waals surface area contributed by atoms with Crippen LogP contribution in [0.4, 0.5) is 0 Å². The number of H-pyrrole nitrogens is 1. The second-order valence-electron chi connectivity index (χ2n) is 2.47. The second kappa shape index (κ2) is 9.54. The van der Waals surface area contributed by atoms with Gasteiger partial charge in [0.1, 0.15) is 0 Å². The minimum absolute atomic E-state index is 1.58. The fraction of sp³-hybridized carbons (Fsp3) is 0. The van der Waals surface area contributed by atoms with Gasteiger partial charge in [-0.05, 0) is 22.9 Å². The van der Waals surface area contributed by atoms with E-state index < -0.39 is 0 Å². The van der Waals surface area contributed by atoms with E-state index >= 15 is 0 Å². The van der Waals surface area contributed by atoms with Gasteiger partial charge in [0.15, 0.2) is 0 Å². The number of nitrogens with one attached hydrogen (secondary N) is 1. The van der Waals surface area contributed by atoms with Crippen LogP contribution in [0.5, 0.6) is 0 Å². The molecule has 82 valence electrons. The molecular weight excluding hydrogens is 220 g/mol. The summed E-state index contributed by atoms with van der Waals surface area (Å²) in [5.74, 6) is 0. The molecule has 0 aliphatic carbocycles. The summed E-state index contributed by atoms with van der Waals surface area (Å²) >= 11 is 1.71. The van der Waals surface area contributed by atoms with Crippen LogP contribution in [0.2, 0.25) is 0 Å². The SMILES string of the molecule is c1ccncc1.c1ccsc1.c1cn[nH]n1. The van der Waals surface area contributed by atoms with Crippen LogP contribution in [0.15, 0.2) is 65.9 Å². The third-order valence-electron chi connectivity index (χ3n) is 1.32. The summed E-state index contributed by atoms with van der Waals surface area (Å²) in [4.78, 5) is 3.78. The highest BCUT2D eigenvalue weighted by atomic mass is 32.1. The molecule has 0 aliphatic rings. The Morgan fingerprint density at radius 2 is 1.31 bits per heavy atom. The van der Waals surface area contributed by atoms with Crippen molar-refractivity contribution < 1.29 is 0 Å². The monoisotopic (exact) mass is 232 g/mol. The topological polar surface area (TPSA) is 54.5 Å². The largest absolute Gasteiger partial charge is 0.265 e. The molecule has 0 atom stereocenters. The van der Waals surface area contributed by atoms with Gasteiger partial charge in [-0.25, -0.2) is 0 Å². The van der Waals surface area contributed by atoms with Gasteiger partial charge in [-0.15, -0.1) is 0 Å². The molecule has 3 heterocycles. The van der Waals surface area contributed by atoms with Gasteiger partial charge in [0.2, 0.25) is 0 Å². The number of hydrogen-bond acceptors (Lipinski definition) is 4. The zero-order valence-electron chi connectivity index (χ0n) is 8.60. The quantitative estimate of drug-likeness (QED) is 0.648. The average Bonchev–Trinajstić information content (AvgIpc) is 3.10. The van der Waals surface area contributed by atoms with Gasteiger partial charge in [0.25, 0.3) is 0 Å². The fourth-order valence-electron chi connectivity index (χ4n) is 0.706. The summed E-state index contributed by atoms with van der Waals surface area (Å²) in [5, 5.41) is 13.4. The molecule has 0 amide bonds. The first kappa shape index (κ1) is 12.1. The van der Waals surface area contributed by atoms with Crippen molar-refractivity contribution in [1.82, 2.24) is 20.4 Å². The fourth-order valence-corrected chi connectivity index (χ4v) is 1.16. The molecule has 0 spiro atoms. The van der Waals surface area contributed by atoms with Crippen molar-refractivity contribution >= 4 is 11.3 Å². The van der Waals surface area contributed by atoms with Crippen LogP contribution in [-0.2, 0) is 0 Å². The molecule has 0 unspecified atom stereocenters. The number of pyridine rings is 1. The summed E-state index contributed by atoms with van der Waals surface area (Å²) in [6, 6.07) is 9.75. The minimum Gasteiger partial charge on any atom is -0.265 e. The molecule has 0 radical (unpaired) electrons. The van der Waals surface area contributed by atoms with Crippen molar-refractivity contribution in [3.05, 3.63) is 65.9 Å². The van der Waals surface area contributed by atoms with Crippen molar-refractivity contribution in [3.8, 4) is 0 Å². The summed E-state index contributed by atoms with van der Waals surface area (Å²) < 4.78 is 0. The van der Waals surface area contributed by atoms with Crippen LogP contribution < -0.4 is 0 Å². The van der Waals surface area contributed by atoms with Crippen molar-refractivity contribution in [2.24, 2.45) is 0 Å². The smallest absolute Gasteiger partial charge is 0.0690 e. The number of rotatable bonds is 0. The molecule has 16 heavy (non-hydrogen) atoms. The Bertz CT molecular complexity index is 309. The molecule has 5 heteroatoms. The van der Waals surface area contributed by atoms with E-state index in [1.54, 1.807) is 36.1 Å². The van der Waals surface area contributed by atoms with Gasteiger partial charge in [-0.3, -0.25) is 4.98 Å². The van der Waals surface area contributed by atoms with E-state index in [4.69, 9.17) is 0 Å². The van der Waals surface area contributed by atoms with Crippen LogP contribution in [-0.4, -0.2) is 20.4 Å². The molecule has 3 aromatic heterocycles. The Kier molecular flexibility index (Phi) is 7.19. The zero-order valence-corrected chi connectivity index (χ0v) is 9.42. The lowest BCUT2D eigenvalue weighted by atomic mass is 10.5. The maximum absolute atomic E-state index is 3.78. The van der Waals surface area contributed by atoms with E-state index in [0.717, 1.165) is 0 Å². The lowest BCUT2D eigenvalue weighted by Crippen LogP contribution is -1.61. The van der Waals surface area contributed by atoms with Gasteiger partial charge in [0.05, 0.1) is 12.4 Å². The first-order valence-corrected chi connectivity index (χ1v) is 5.56. The van der Waals surface area contributed by atoms with E-state index in [1.807, 2.05) is 41.1 Å². The van der Waals surface area contributed by atoms with Crippen molar-refractivity contribution in [3.63, 3.8) is 0 Å². The Morgan fingerprint density at radius 1 is 0.688 bits per heavy atom. The van der Waals surface area contributed by atoms with Gasteiger partial charge >= 0.3 is 0 Å². The van der Waals surface area contributed by atoms with Crippen molar-refractivity contribution in [1.29, 1.82) is 0 Å². The Balaban J connectivity index is 0.000000121. The standard InChI is InChI=1S/C5H5N.C4H4S.C2H3N3/c1-2-4-6-5-3-1;2*1-2-4-5-3-1/h1-5H;1-4H;1-2H,(H,3,4,5). The van der Waals surface area contributed by atoms with Crippen LogP contribution in [0, 0.1) is 0 Å². The third-order valence-corrected chi connectivity index (χ3v) is 1.95. The van der Waals surface area contributed by atoms with Crippen molar-refractivity contribution in [2.75, 3.05) is 0 Å². The number of aromatic amines is 1. The Labute approximate surface area is 98.0 Å². The first-order valence-electron chi connectivity index (χ1n) is 4.62. The van der Waals surface area contributed by atoms with Crippen LogP contribution in [0.1, 0.15) is 0 Å². The molecule has 0 saturated heterocycles. The van der Waals surface area contributed by atoms with Crippen LogP contribution in [0.3, 0.4) is 0 Å². The van der Waals surface area contributed by atoms with E-state index in [9.17, 15) is 0 Å². The lowest BCUT2D eigenvalue weighted by Gasteiger charge is -1.70. The maximum Gasteiger partial charge on any atom is 0.0690 e.